The number of anilines is 3. The fourth-order valence-electron chi connectivity index (χ4n) is 8.71. The van der Waals surface area contributed by atoms with E-state index >= 15 is 0 Å². The lowest BCUT2D eigenvalue weighted by Gasteiger charge is -2.28. The molecule has 11 rings (SSSR count). The number of thiophene rings is 1. The summed E-state index contributed by atoms with van der Waals surface area (Å²) in [5, 5.41) is 7.46. The molecule has 0 aliphatic heterocycles. The summed E-state index contributed by atoms with van der Waals surface area (Å²) < 4.78 is 9.06. The molecule has 246 valence electrons. The van der Waals surface area contributed by atoms with Crippen LogP contribution in [0.1, 0.15) is 25.0 Å². The van der Waals surface area contributed by atoms with Gasteiger partial charge in [0.05, 0.1) is 10.4 Å². The molecule has 0 spiro atoms. The van der Waals surface area contributed by atoms with Gasteiger partial charge in [-0.25, -0.2) is 0 Å². The van der Waals surface area contributed by atoms with E-state index in [2.05, 4.69) is 170 Å². The quantitative estimate of drug-likeness (QED) is 0.184. The highest BCUT2D eigenvalue weighted by atomic mass is 32.1. The highest BCUT2D eigenvalue weighted by molar-refractivity contribution is 7.27. The summed E-state index contributed by atoms with van der Waals surface area (Å²) in [7, 11) is 0. The van der Waals surface area contributed by atoms with Crippen LogP contribution in [0, 0.1) is 0 Å². The van der Waals surface area contributed by atoms with Crippen LogP contribution in [0.4, 0.5) is 17.1 Å². The largest absolute Gasteiger partial charge is 0.455 e. The molecule has 0 atom stereocenters. The average molecular weight is 684 g/mol. The predicted octanol–water partition coefficient (Wildman–Crippen LogP) is 14.6. The van der Waals surface area contributed by atoms with Crippen molar-refractivity contribution in [1.82, 2.24) is 0 Å². The van der Waals surface area contributed by atoms with E-state index in [4.69, 9.17) is 4.42 Å². The first kappa shape index (κ1) is 29.6. The third kappa shape index (κ3) is 4.17. The number of fused-ring (bicyclic) bond motifs is 11. The van der Waals surface area contributed by atoms with Crippen LogP contribution in [-0.4, -0.2) is 0 Å². The minimum absolute atomic E-state index is 0.106. The first-order valence-corrected chi connectivity index (χ1v) is 18.7. The van der Waals surface area contributed by atoms with Crippen molar-refractivity contribution in [2.75, 3.05) is 4.90 Å². The minimum Gasteiger partial charge on any atom is -0.455 e. The summed E-state index contributed by atoms with van der Waals surface area (Å²) in [5.74, 6) is 0. The number of hydrogen-bond acceptors (Lipinski definition) is 3. The van der Waals surface area contributed by atoms with Gasteiger partial charge in [0.1, 0.15) is 11.2 Å². The Morgan fingerprint density at radius 1 is 0.481 bits per heavy atom. The van der Waals surface area contributed by atoms with E-state index in [1.54, 1.807) is 0 Å². The fourth-order valence-corrected chi connectivity index (χ4v) is 10.1. The Bertz CT molecular complexity index is 3050. The lowest BCUT2D eigenvalue weighted by molar-refractivity contribution is 0.660. The molecule has 0 fully saturated rings. The summed E-state index contributed by atoms with van der Waals surface area (Å²) in [6.07, 6.45) is 0. The van der Waals surface area contributed by atoms with E-state index in [-0.39, 0.29) is 5.41 Å². The zero-order valence-electron chi connectivity index (χ0n) is 28.9. The molecule has 1 aliphatic rings. The number of hydrogen-bond donors (Lipinski definition) is 0. The molecule has 0 saturated carbocycles. The smallest absolute Gasteiger partial charge is 0.143 e. The molecule has 1 aliphatic carbocycles. The van der Waals surface area contributed by atoms with Crippen molar-refractivity contribution in [2.45, 2.75) is 19.3 Å². The Labute approximate surface area is 305 Å². The number of benzene rings is 8. The van der Waals surface area contributed by atoms with E-state index in [1.807, 2.05) is 23.5 Å². The van der Waals surface area contributed by atoms with Crippen molar-refractivity contribution < 1.29 is 4.42 Å². The van der Waals surface area contributed by atoms with Gasteiger partial charge in [0.2, 0.25) is 0 Å². The summed E-state index contributed by atoms with van der Waals surface area (Å²) in [4.78, 5) is 2.46. The van der Waals surface area contributed by atoms with Gasteiger partial charge in [-0.2, -0.15) is 0 Å². The van der Waals surface area contributed by atoms with Crippen molar-refractivity contribution >= 4 is 81.3 Å². The number of rotatable bonds is 4. The highest BCUT2D eigenvalue weighted by Crippen LogP contribution is 2.52. The fraction of sp³-hybridized carbons (Fsp3) is 0.0612. The van der Waals surface area contributed by atoms with Gasteiger partial charge >= 0.3 is 0 Å². The maximum absolute atomic E-state index is 6.44. The Morgan fingerprint density at radius 2 is 1.15 bits per heavy atom. The van der Waals surface area contributed by atoms with Gasteiger partial charge in [-0.3, -0.25) is 0 Å². The van der Waals surface area contributed by atoms with Crippen LogP contribution >= 0.6 is 11.3 Å². The van der Waals surface area contributed by atoms with Crippen LogP contribution in [0.3, 0.4) is 0 Å². The molecular formula is C49H33NOS. The van der Waals surface area contributed by atoms with Crippen LogP contribution in [-0.2, 0) is 5.41 Å². The summed E-state index contributed by atoms with van der Waals surface area (Å²) >= 11 is 1.90. The summed E-state index contributed by atoms with van der Waals surface area (Å²) in [6.45, 7) is 4.72. The molecule has 0 unspecified atom stereocenters. The van der Waals surface area contributed by atoms with Crippen LogP contribution in [0.25, 0.3) is 75.1 Å². The van der Waals surface area contributed by atoms with Crippen LogP contribution in [0.2, 0.25) is 0 Å². The van der Waals surface area contributed by atoms with E-state index in [0.29, 0.717) is 0 Å². The van der Waals surface area contributed by atoms with E-state index in [9.17, 15) is 0 Å². The van der Waals surface area contributed by atoms with Gasteiger partial charge in [-0.1, -0.05) is 141 Å². The van der Waals surface area contributed by atoms with Gasteiger partial charge in [0.15, 0.2) is 0 Å². The lowest BCUT2D eigenvalue weighted by atomic mass is 9.82. The minimum atomic E-state index is -0.106. The van der Waals surface area contributed by atoms with E-state index < -0.39 is 0 Å². The number of nitrogens with zero attached hydrogens (tertiary/aromatic N) is 1. The monoisotopic (exact) mass is 683 g/mol. The molecule has 2 heterocycles. The molecule has 3 heteroatoms. The molecule has 2 aromatic heterocycles. The molecule has 0 bridgehead atoms. The predicted molar refractivity (Wildman–Crippen MR) is 222 cm³/mol. The summed E-state index contributed by atoms with van der Waals surface area (Å²) in [5.41, 5.74) is 12.8. The molecule has 8 aromatic carbocycles. The number of furan rings is 1. The molecule has 52 heavy (non-hydrogen) atoms. The van der Waals surface area contributed by atoms with Crippen LogP contribution < -0.4 is 4.90 Å². The maximum atomic E-state index is 6.44. The topological polar surface area (TPSA) is 16.4 Å². The standard InChI is InChI=1S/C49H33NOS/c1-49(2)42-18-7-5-13-36(42)37-28-26-33(29-43(37)49)50(44-19-10-17-40-41-27-23-30-11-3-4-12-35(30)47(41)52-48(40)44)32-24-21-31(22-25-32)34-15-9-16-39-38-14-6-8-20-45(38)51-46(34)39/h3-29H,1-2H3. The molecule has 0 radical (unpaired) electrons. The lowest BCUT2D eigenvalue weighted by Crippen LogP contribution is -2.16. The first-order valence-electron chi connectivity index (χ1n) is 17.9. The molecule has 0 N–H and O–H groups in total. The van der Waals surface area contributed by atoms with Crippen LogP contribution in [0.5, 0.6) is 0 Å². The summed E-state index contributed by atoms with van der Waals surface area (Å²) in [6, 6.07) is 59.8. The van der Waals surface area contributed by atoms with Gasteiger partial charge in [-0.15, -0.1) is 11.3 Å². The first-order chi connectivity index (χ1) is 25.5. The van der Waals surface area contributed by atoms with Gasteiger partial charge in [0.25, 0.3) is 0 Å². The SMILES string of the molecule is CC1(C)c2ccccc2-c2ccc(N(c3ccc(-c4cccc5c4oc4ccccc45)cc3)c3cccc4c3sc3c5ccccc5ccc43)cc21. The molecule has 0 saturated heterocycles. The van der Waals surface area contributed by atoms with Crippen molar-refractivity contribution in [3.63, 3.8) is 0 Å². The van der Waals surface area contributed by atoms with Crippen molar-refractivity contribution in [3.05, 3.63) is 175 Å². The third-order valence-electron chi connectivity index (χ3n) is 11.3. The Kier molecular flexibility index (Phi) is 6.21. The Morgan fingerprint density at radius 3 is 2.06 bits per heavy atom. The number of para-hydroxylation sites is 2. The molecular weight excluding hydrogens is 651 g/mol. The highest BCUT2D eigenvalue weighted by Gasteiger charge is 2.36. The maximum Gasteiger partial charge on any atom is 0.143 e. The van der Waals surface area contributed by atoms with Gasteiger partial charge < -0.3 is 9.32 Å². The molecule has 10 aromatic rings. The Hall–Kier alpha value is -6.16. The van der Waals surface area contributed by atoms with Gasteiger partial charge in [0, 0.05) is 48.6 Å². The normalized spacial score (nSPS) is 13.3. The zero-order valence-corrected chi connectivity index (χ0v) is 29.7. The molecule has 2 nitrogen and oxygen atoms in total. The van der Waals surface area contributed by atoms with Crippen molar-refractivity contribution in [1.29, 1.82) is 0 Å². The van der Waals surface area contributed by atoms with Crippen LogP contribution in [0.15, 0.2) is 168 Å². The van der Waals surface area contributed by atoms with E-state index in [0.717, 1.165) is 44.4 Å². The second-order valence-corrected chi connectivity index (χ2v) is 15.5. The van der Waals surface area contributed by atoms with Crippen molar-refractivity contribution in [2.24, 2.45) is 0 Å². The second-order valence-electron chi connectivity index (χ2n) is 14.5. The zero-order chi connectivity index (χ0) is 34.6. The van der Waals surface area contributed by atoms with Gasteiger partial charge in [-0.05, 0) is 75.0 Å². The average Bonchev–Trinajstić information content (AvgIpc) is 3.84. The second kappa shape index (κ2) is 10.9. The Balaban J connectivity index is 1.12. The molecule has 0 amide bonds. The van der Waals surface area contributed by atoms with E-state index in [1.165, 1.54) is 58.9 Å². The van der Waals surface area contributed by atoms with Crippen molar-refractivity contribution in [3.8, 4) is 22.3 Å². The third-order valence-corrected chi connectivity index (χ3v) is 12.6.